The Hall–Kier alpha value is -1.85. The van der Waals surface area contributed by atoms with Crippen LogP contribution < -0.4 is 10.6 Å². The summed E-state index contributed by atoms with van der Waals surface area (Å²) in [4.78, 5) is 2.20. The van der Waals surface area contributed by atoms with Gasteiger partial charge in [-0.25, -0.2) is 0 Å². The minimum absolute atomic E-state index is 0.0800. The van der Waals surface area contributed by atoms with Crippen LogP contribution in [0.4, 0.5) is 5.82 Å². The lowest BCUT2D eigenvalue weighted by Gasteiger charge is -2.29. The maximum atomic E-state index is 8.83. The van der Waals surface area contributed by atoms with Gasteiger partial charge in [0, 0.05) is 12.6 Å². The molecule has 0 radical (unpaired) electrons. The van der Waals surface area contributed by atoms with E-state index in [1.807, 2.05) is 0 Å². The SMILES string of the molecule is CC1CCCCCN1c1nnccc1/C(N)=N/O. The molecule has 0 saturated carbocycles. The van der Waals surface area contributed by atoms with Crippen LogP contribution in [0.5, 0.6) is 0 Å². The van der Waals surface area contributed by atoms with Crippen LogP contribution in [0, 0.1) is 0 Å². The first-order valence-corrected chi connectivity index (χ1v) is 6.30. The molecule has 18 heavy (non-hydrogen) atoms. The molecule has 0 spiro atoms. The Kier molecular flexibility index (Phi) is 3.96. The number of amidine groups is 1. The minimum atomic E-state index is 0.0800. The van der Waals surface area contributed by atoms with Gasteiger partial charge in [-0.05, 0) is 25.8 Å². The van der Waals surface area contributed by atoms with Crippen molar-refractivity contribution in [2.45, 2.75) is 38.6 Å². The number of hydrogen-bond donors (Lipinski definition) is 2. The molecular formula is C12H19N5O. The van der Waals surface area contributed by atoms with Crippen LogP contribution >= 0.6 is 0 Å². The van der Waals surface area contributed by atoms with Gasteiger partial charge in [0.05, 0.1) is 11.8 Å². The molecule has 0 bridgehead atoms. The number of rotatable bonds is 2. The zero-order chi connectivity index (χ0) is 13.0. The zero-order valence-corrected chi connectivity index (χ0v) is 10.6. The number of anilines is 1. The summed E-state index contributed by atoms with van der Waals surface area (Å²) >= 11 is 0. The van der Waals surface area contributed by atoms with Gasteiger partial charge in [0.1, 0.15) is 0 Å². The molecule has 1 aromatic heterocycles. The van der Waals surface area contributed by atoms with Gasteiger partial charge in [0.15, 0.2) is 11.7 Å². The van der Waals surface area contributed by atoms with Gasteiger partial charge in [-0.3, -0.25) is 0 Å². The lowest BCUT2D eigenvalue weighted by atomic mass is 10.1. The monoisotopic (exact) mass is 249 g/mol. The van der Waals surface area contributed by atoms with Crippen molar-refractivity contribution >= 4 is 11.7 Å². The summed E-state index contributed by atoms with van der Waals surface area (Å²) < 4.78 is 0. The molecule has 1 fully saturated rings. The van der Waals surface area contributed by atoms with E-state index in [1.165, 1.54) is 12.8 Å². The highest BCUT2D eigenvalue weighted by atomic mass is 16.4. The summed E-state index contributed by atoms with van der Waals surface area (Å²) in [5.74, 6) is 0.790. The summed E-state index contributed by atoms with van der Waals surface area (Å²) in [6.45, 7) is 3.11. The van der Waals surface area contributed by atoms with Crippen LogP contribution in [0.25, 0.3) is 0 Å². The third-order valence-corrected chi connectivity index (χ3v) is 3.41. The second-order valence-corrected chi connectivity index (χ2v) is 4.65. The van der Waals surface area contributed by atoms with Crippen molar-refractivity contribution in [1.82, 2.24) is 10.2 Å². The Morgan fingerprint density at radius 2 is 2.33 bits per heavy atom. The number of oxime groups is 1. The van der Waals surface area contributed by atoms with Crippen LogP contribution in [-0.4, -0.2) is 33.8 Å². The van der Waals surface area contributed by atoms with E-state index in [0.717, 1.165) is 19.4 Å². The van der Waals surface area contributed by atoms with Gasteiger partial charge in [-0.15, -0.1) is 5.10 Å². The van der Waals surface area contributed by atoms with Crippen molar-refractivity contribution in [2.75, 3.05) is 11.4 Å². The molecule has 6 nitrogen and oxygen atoms in total. The first-order chi connectivity index (χ1) is 8.74. The molecular weight excluding hydrogens is 230 g/mol. The highest BCUT2D eigenvalue weighted by Crippen LogP contribution is 2.24. The van der Waals surface area contributed by atoms with Crippen molar-refractivity contribution in [3.05, 3.63) is 17.8 Å². The van der Waals surface area contributed by atoms with Crippen LogP contribution in [-0.2, 0) is 0 Å². The maximum Gasteiger partial charge on any atom is 0.173 e. The molecule has 1 unspecified atom stereocenters. The Bertz CT molecular complexity index is 434. The van der Waals surface area contributed by atoms with E-state index < -0.39 is 0 Å². The minimum Gasteiger partial charge on any atom is -0.409 e. The Morgan fingerprint density at radius 1 is 1.50 bits per heavy atom. The Morgan fingerprint density at radius 3 is 3.11 bits per heavy atom. The first-order valence-electron chi connectivity index (χ1n) is 6.30. The van der Waals surface area contributed by atoms with Crippen LogP contribution in [0.1, 0.15) is 38.2 Å². The predicted molar refractivity (Wildman–Crippen MR) is 69.8 cm³/mol. The second kappa shape index (κ2) is 5.66. The maximum absolute atomic E-state index is 8.83. The smallest absolute Gasteiger partial charge is 0.173 e. The third-order valence-electron chi connectivity index (χ3n) is 3.41. The van der Waals surface area contributed by atoms with Gasteiger partial charge < -0.3 is 15.8 Å². The van der Waals surface area contributed by atoms with Crippen LogP contribution in [0.2, 0.25) is 0 Å². The lowest BCUT2D eigenvalue weighted by molar-refractivity contribution is 0.318. The summed E-state index contributed by atoms with van der Waals surface area (Å²) in [6.07, 6.45) is 6.29. The molecule has 1 saturated heterocycles. The average Bonchev–Trinajstić information content (AvgIpc) is 2.62. The normalized spacial score (nSPS) is 21.7. The van der Waals surface area contributed by atoms with Gasteiger partial charge >= 0.3 is 0 Å². The van der Waals surface area contributed by atoms with Gasteiger partial charge in [-0.2, -0.15) is 5.10 Å². The van der Waals surface area contributed by atoms with E-state index in [9.17, 15) is 0 Å². The predicted octanol–water partition coefficient (Wildman–Crippen LogP) is 1.34. The molecule has 1 aromatic rings. The van der Waals surface area contributed by atoms with Gasteiger partial charge in [0.25, 0.3) is 0 Å². The molecule has 1 aliphatic rings. The van der Waals surface area contributed by atoms with E-state index in [1.54, 1.807) is 12.3 Å². The van der Waals surface area contributed by atoms with Crippen molar-refractivity contribution in [3.8, 4) is 0 Å². The summed E-state index contributed by atoms with van der Waals surface area (Å²) in [5, 5.41) is 20.0. The van der Waals surface area contributed by atoms with Crippen molar-refractivity contribution in [2.24, 2.45) is 10.9 Å². The fourth-order valence-corrected chi connectivity index (χ4v) is 2.38. The molecule has 98 valence electrons. The van der Waals surface area contributed by atoms with Gasteiger partial charge in [-0.1, -0.05) is 18.0 Å². The van der Waals surface area contributed by atoms with Gasteiger partial charge in [0.2, 0.25) is 0 Å². The third kappa shape index (κ3) is 2.52. The van der Waals surface area contributed by atoms with Crippen molar-refractivity contribution in [3.63, 3.8) is 0 Å². The highest BCUT2D eigenvalue weighted by Gasteiger charge is 2.22. The van der Waals surface area contributed by atoms with Crippen molar-refractivity contribution in [1.29, 1.82) is 0 Å². The second-order valence-electron chi connectivity index (χ2n) is 4.65. The molecule has 0 aliphatic carbocycles. The van der Waals surface area contributed by atoms with E-state index in [0.29, 0.717) is 17.4 Å². The van der Waals surface area contributed by atoms with E-state index >= 15 is 0 Å². The fraction of sp³-hybridized carbons (Fsp3) is 0.583. The molecule has 2 heterocycles. The topological polar surface area (TPSA) is 87.6 Å². The number of aromatic nitrogens is 2. The zero-order valence-electron chi connectivity index (χ0n) is 10.6. The summed E-state index contributed by atoms with van der Waals surface area (Å²) in [6, 6.07) is 2.13. The van der Waals surface area contributed by atoms with Crippen LogP contribution in [0.15, 0.2) is 17.4 Å². The molecule has 2 rings (SSSR count). The lowest BCUT2D eigenvalue weighted by Crippen LogP contribution is -2.35. The Labute approximate surface area is 106 Å². The first kappa shape index (κ1) is 12.6. The number of nitrogens with two attached hydrogens (primary N) is 1. The summed E-state index contributed by atoms with van der Waals surface area (Å²) in [7, 11) is 0. The summed E-state index contributed by atoms with van der Waals surface area (Å²) in [5.41, 5.74) is 6.33. The average molecular weight is 249 g/mol. The fourth-order valence-electron chi connectivity index (χ4n) is 2.38. The van der Waals surface area contributed by atoms with E-state index in [4.69, 9.17) is 10.9 Å². The number of nitrogens with zero attached hydrogens (tertiary/aromatic N) is 4. The van der Waals surface area contributed by atoms with Crippen molar-refractivity contribution < 1.29 is 5.21 Å². The highest BCUT2D eigenvalue weighted by molar-refractivity contribution is 6.01. The molecule has 0 amide bonds. The number of hydrogen-bond acceptors (Lipinski definition) is 5. The van der Waals surface area contributed by atoms with E-state index in [-0.39, 0.29) is 5.84 Å². The molecule has 1 aliphatic heterocycles. The molecule has 0 aromatic carbocycles. The molecule has 3 N–H and O–H groups in total. The quantitative estimate of drug-likeness (QED) is 0.357. The standard InChI is InChI=1S/C12H19N5O/c1-9-5-3-2-4-8-17(9)12-10(11(13)16-18)6-7-14-15-12/h6-7,9,18H,2-5,8H2,1H3,(H2,13,16). The molecule has 1 atom stereocenters. The largest absolute Gasteiger partial charge is 0.409 e. The van der Waals surface area contributed by atoms with E-state index in [2.05, 4.69) is 27.2 Å². The van der Waals surface area contributed by atoms with Crippen LogP contribution in [0.3, 0.4) is 0 Å². The Balaban J connectivity index is 2.36. The molecule has 6 heteroatoms.